The summed E-state index contributed by atoms with van der Waals surface area (Å²) >= 11 is 6.07. The monoisotopic (exact) mass is 285 g/mol. The maximum absolute atomic E-state index is 6.07. The molecule has 104 valence electrons. The molecule has 2 heteroatoms. The number of hydrogen-bond donors (Lipinski definition) is 1. The molecule has 0 fully saturated rings. The molecule has 2 aromatic rings. The van der Waals surface area contributed by atoms with E-state index in [2.05, 4.69) is 55.6 Å². The molecule has 1 nitrogen and oxygen atoms in total. The minimum Gasteiger partial charge on any atom is -0.303 e. The van der Waals surface area contributed by atoms with Crippen molar-refractivity contribution in [2.24, 2.45) is 0 Å². The SMILES string of the molecule is Cc1ccc([C@H](C)NC2CCc3cc(Cl)ccc32)cc1. The highest BCUT2D eigenvalue weighted by Gasteiger charge is 2.23. The molecule has 1 aliphatic rings. The van der Waals surface area contributed by atoms with Crippen molar-refractivity contribution in [1.82, 2.24) is 5.32 Å². The molecule has 0 bridgehead atoms. The minimum atomic E-state index is 0.363. The van der Waals surface area contributed by atoms with E-state index in [4.69, 9.17) is 11.6 Å². The highest BCUT2D eigenvalue weighted by atomic mass is 35.5. The van der Waals surface area contributed by atoms with Crippen molar-refractivity contribution in [2.75, 3.05) is 0 Å². The third kappa shape index (κ3) is 2.74. The highest BCUT2D eigenvalue weighted by molar-refractivity contribution is 6.30. The Morgan fingerprint density at radius 2 is 1.90 bits per heavy atom. The molecule has 1 unspecified atom stereocenters. The van der Waals surface area contributed by atoms with Gasteiger partial charge < -0.3 is 5.32 Å². The second-order valence-electron chi connectivity index (χ2n) is 5.73. The van der Waals surface area contributed by atoms with E-state index >= 15 is 0 Å². The molecule has 0 amide bonds. The number of aryl methyl sites for hydroxylation is 2. The first-order chi connectivity index (χ1) is 9.63. The van der Waals surface area contributed by atoms with Gasteiger partial charge in [0.1, 0.15) is 0 Å². The number of halogens is 1. The quantitative estimate of drug-likeness (QED) is 0.838. The van der Waals surface area contributed by atoms with Gasteiger partial charge in [0.05, 0.1) is 0 Å². The van der Waals surface area contributed by atoms with Gasteiger partial charge in [0, 0.05) is 17.1 Å². The Morgan fingerprint density at radius 3 is 2.65 bits per heavy atom. The molecule has 0 aromatic heterocycles. The number of nitrogens with one attached hydrogen (secondary N) is 1. The molecule has 1 N–H and O–H groups in total. The van der Waals surface area contributed by atoms with Crippen molar-refractivity contribution < 1.29 is 0 Å². The van der Waals surface area contributed by atoms with Gasteiger partial charge in [0.15, 0.2) is 0 Å². The van der Waals surface area contributed by atoms with Gasteiger partial charge in [-0.15, -0.1) is 0 Å². The molecule has 2 atom stereocenters. The van der Waals surface area contributed by atoms with Gasteiger partial charge in [0.2, 0.25) is 0 Å². The summed E-state index contributed by atoms with van der Waals surface area (Å²) in [5.74, 6) is 0. The van der Waals surface area contributed by atoms with Crippen molar-refractivity contribution >= 4 is 11.6 Å². The Kier molecular flexibility index (Phi) is 3.82. The van der Waals surface area contributed by atoms with Crippen LogP contribution < -0.4 is 5.32 Å². The first-order valence-electron chi connectivity index (χ1n) is 7.24. The zero-order valence-corrected chi connectivity index (χ0v) is 12.7. The first kappa shape index (κ1) is 13.7. The smallest absolute Gasteiger partial charge is 0.0408 e. The van der Waals surface area contributed by atoms with Gasteiger partial charge in [-0.25, -0.2) is 0 Å². The molecule has 0 saturated carbocycles. The van der Waals surface area contributed by atoms with E-state index in [0.29, 0.717) is 12.1 Å². The summed E-state index contributed by atoms with van der Waals surface area (Å²) in [5, 5.41) is 4.59. The molecule has 2 aromatic carbocycles. The van der Waals surface area contributed by atoms with E-state index in [0.717, 1.165) is 17.9 Å². The van der Waals surface area contributed by atoms with Crippen LogP contribution in [-0.2, 0) is 6.42 Å². The fourth-order valence-electron chi connectivity index (χ4n) is 3.01. The van der Waals surface area contributed by atoms with E-state index in [9.17, 15) is 0 Å². The van der Waals surface area contributed by atoms with Crippen LogP contribution in [0.1, 0.15) is 47.7 Å². The van der Waals surface area contributed by atoms with Crippen LogP contribution in [0.2, 0.25) is 5.02 Å². The Labute approximate surface area is 126 Å². The van der Waals surface area contributed by atoms with E-state index < -0.39 is 0 Å². The molecule has 3 rings (SSSR count). The largest absolute Gasteiger partial charge is 0.303 e. The average Bonchev–Trinajstić information content (AvgIpc) is 2.81. The Hall–Kier alpha value is -1.31. The lowest BCUT2D eigenvalue weighted by Crippen LogP contribution is -2.22. The Bertz CT molecular complexity index is 603. The molecule has 0 radical (unpaired) electrons. The predicted molar refractivity (Wildman–Crippen MR) is 85.2 cm³/mol. The number of rotatable bonds is 3. The van der Waals surface area contributed by atoms with Crippen LogP contribution in [0.4, 0.5) is 0 Å². The van der Waals surface area contributed by atoms with Crippen molar-refractivity contribution in [2.45, 2.75) is 38.8 Å². The van der Waals surface area contributed by atoms with Crippen molar-refractivity contribution in [3.8, 4) is 0 Å². The van der Waals surface area contributed by atoms with E-state index in [1.165, 1.54) is 22.3 Å². The summed E-state index contributed by atoms with van der Waals surface area (Å²) < 4.78 is 0. The third-order valence-electron chi connectivity index (χ3n) is 4.21. The van der Waals surface area contributed by atoms with Crippen LogP contribution in [-0.4, -0.2) is 0 Å². The zero-order chi connectivity index (χ0) is 14.1. The van der Waals surface area contributed by atoms with Crippen LogP contribution in [0.5, 0.6) is 0 Å². The molecule has 0 saturated heterocycles. The fraction of sp³-hybridized carbons (Fsp3) is 0.333. The maximum atomic E-state index is 6.07. The minimum absolute atomic E-state index is 0.363. The summed E-state index contributed by atoms with van der Waals surface area (Å²) in [4.78, 5) is 0. The van der Waals surface area contributed by atoms with Gasteiger partial charge in [0.25, 0.3) is 0 Å². The Balaban J connectivity index is 1.75. The Morgan fingerprint density at radius 1 is 1.15 bits per heavy atom. The molecule has 0 aliphatic heterocycles. The molecular weight excluding hydrogens is 266 g/mol. The molecular formula is C18H20ClN. The van der Waals surface area contributed by atoms with Crippen molar-refractivity contribution in [3.05, 3.63) is 69.7 Å². The van der Waals surface area contributed by atoms with Gasteiger partial charge in [-0.2, -0.15) is 0 Å². The topological polar surface area (TPSA) is 12.0 Å². The lowest BCUT2D eigenvalue weighted by molar-refractivity contribution is 0.465. The van der Waals surface area contributed by atoms with Crippen molar-refractivity contribution in [3.63, 3.8) is 0 Å². The lowest BCUT2D eigenvalue weighted by Gasteiger charge is -2.21. The fourth-order valence-corrected chi connectivity index (χ4v) is 3.21. The van der Waals surface area contributed by atoms with Gasteiger partial charge in [-0.05, 0) is 55.5 Å². The highest BCUT2D eigenvalue weighted by Crippen LogP contribution is 2.34. The second-order valence-corrected chi connectivity index (χ2v) is 6.17. The maximum Gasteiger partial charge on any atom is 0.0408 e. The van der Waals surface area contributed by atoms with Crippen LogP contribution in [0, 0.1) is 6.92 Å². The van der Waals surface area contributed by atoms with Crippen LogP contribution in [0.3, 0.4) is 0 Å². The predicted octanol–water partition coefficient (Wildman–Crippen LogP) is 4.99. The lowest BCUT2D eigenvalue weighted by atomic mass is 10.0. The summed E-state index contributed by atoms with van der Waals surface area (Å²) in [6.07, 6.45) is 2.28. The first-order valence-corrected chi connectivity index (χ1v) is 7.62. The number of hydrogen-bond acceptors (Lipinski definition) is 1. The van der Waals surface area contributed by atoms with Gasteiger partial charge >= 0.3 is 0 Å². The van der Waals surface area contributed by atoms with Gasteiger partial charge in [-0.1, -0.05) is 47.5 Å². The summed E-state index contributed by atoms with van der Waals surface area (Å²) in [7, 11) is 0. The summed E-state index contributed by atoms with van der Waals surface area (Å²) in [6, 6.07) is 15.9. The molecule has 0 spiro atoms. The van der Waals surface area contributed by atoms with Crippen molar-refractivity contribution in [1.29, 1.82) is 0 Å². The normalized spacial score (nSPS) is 18.9. The van der Waals surface area contributed by atoms with Crippen LogP contribution >= 0.6 is 11.6 Å². The second kappa shape index (κ2) is 5.59. The average molecular weight is 286 g/mol. The van der Waals surface area contributed by atoms with Crippen LogP contribution in [0.15, 0.2) is 42.5 Å². The summed E-state index contributed by atoms with van der Waals surface area (Å²) in [6.45, 7) is 4.36. The molecule has 1 aliphatic carbocycles. The zero-order valence-electron chi connectivity index (χ0n) is 12.0. The number of benzene rings is 2. The summed E-state index contributed by atoms with van der Waals surface area (Å²) in [5.41, 5.74) is 5.46. The van der Waals surface area contributed by atoms with E-state index in [-0.39, 0.29) is 0 Å². The third-order valence-corrected chi connectivity index (χ3v) is 4.45. The van der Waals surface area contributed by atoms with Crippen LogP contribution in [0.25, 0.3) is 0 Å². The standard InChI is InChI=1S/C18H20ClN/c1-12-3-5-14(6-4-12)13(2)20-18-10-7-15-11-16(19)8-9-17(15)18/h3-6,8-9,11,13,18,20H,7,10H2,1-2H3/t13-,18?/m0/s1. The van der Waals surface area contributed by atoms with Gasteiger partial charge in [-0.3, -0.25) is 0 Å². The number of fused-ring (bicyclic) bond motifs is 1. The molecule has 0 heterocycles. The van der Waals surface area contributed by atoms with E-state index in [1.54, 1.807) is 0 Å². The molecule has 20 heavy (non-hydrogen) atoms. The van der Waals surface area contributed by atoms with E-state index in [1.807, 2.05) is 6.07 Å².